The van der Waals surface area contributed by atoms with Gasteiger partial charge in [-0.15, -0.1) is 0 Å². The zero-order chi connectivity index (χ0) is 16.0. The summed E-state index contributed by atoms with van der Waals surface area (Å²) in [6, 6.07) is 7.32. The van der Waals surface area contributed by atoms with E-state index in [0.717, 1.165) is 42.3 Å². The first-order valence-electron chi connectivity index (χ1n) is 9.14. The summed E-state index contributed by atoms with van der Waals surface area (Å²) < 4.78 is 6.44. The minimum atomic E-state index is 0.0313. The fraction of sp³-hybridized carbons (Fsp3) is 0.500. The Morgan fingerprint density at radius 3 is 2.71 bits per heavy atom. The standard InChI is InChI=1S/C20H23N3O/c1-2-17(3-1)23-10-6-20(7-11-23)13-16-12-15(4-5-19(16)24-20)18-14-21-8-9-22-18/h4-5,8-9,12,14,17H,1-3,6-7,10-11,13H2. The van der Waals surface area contributed by atoms with Crippen LogP contribution in [0.3, 0.4) is 0 Å². The van der Waals surface area contributed by atoms with Gasteiger partial charge in [0.15, 0.2) is 0 Å². The van der Waals surface area contributed by atoms with Crippen LogP contribution in [-0.4, -0.2) is 39.6 Å². The number of likely N-dealkylation sites (tertiary alicyclic amines) is 1. The number of benzene rings is 1. The van der Waals surface area contributed by atoms with Gasteiger partial charge in [-0.25, -0.2) is 0 Å². The molecule has 4 nitrogen and oxygen atoms in total. The van der Waals surface area contributed by atoms with Gasteiger partial charge in [0.2, 0.25) is 0 Å². The van der Waals surface area contributed by atoms with Gasteiger partial charge in [-0.1, -0.05) is 6.42 Å². The Bertz CT molecular complexity index is 734. The van der Waals surface area contributed by atoms with Crippen LogP contribution in [0, 0.1) is 0 Å². The van der Waals surface area contributed by atoms with Crippen LogP contribution in [0.1, 0.15) is 37.7 Å². The number of rotatable bonds is 2. The quantitative estimate of drug-likeness (QED) is 0.849. The van der Waals surface area contributed by atoms with Gasteiger partial charge in [0.25, 0.3) is 0 Å². The predicted molar refractivity (Wildman–Crippen MR) is 93.0 cm³/mol. The molecule has 0 N–H and O–H groups in total. The second-order valence-electron chi connectivity index (χ2n) is 7.50. The minimum Gasteiger partial charge on any atom is -0.487 e. The van der Waals surface area contributed by atoms with Gasteiger partial charge in [0.1, 0.15) is 11.4 Å². The molecule has 3 aliphatic rings. The second-order valence-corrected chi connectivity index (χ2v) is 7.50. The lowest BCUT2D eigenvalue weighted by Gasteiger charge is -2.45. The molecule has 1 aromatic heterocycles. The highest BCUT2D eigenvalue weighted by atomic mass is 16.5. The molecule has 1 aliphatic carbocycles. The summed E-state index contributed by atoms with van der Waals surface area (Å²) in [5, 5.41) is 0. The first-order valence-corrected chi connectivity index (χ1v) is 9.14. The van der Waals surface area contributed by atoms with Crippen molar-refractivity contribution in [2.75, 3.05) is 13.1 Å². The summed E-state index contributed by atoms with van der Waals surface area (Å²) in [7, 11) is 0. The summed E-state index contributed by atoms with van der Waals surface area (Å²) >= 11 is 0. The zero-order valence-electron chi connectivity index (χ0n) is 13.9. The van der Waals surface area contributed by atoms with Crippen LogP contribution < -0.4 is 4.74 Å². The van der Waals surface area contributed by atoms with Crippen molar-refractivity contribution >= 4 is 0 Å². The molecule has 2 aromatic rings. The van der Waals surface area contributed by atoms with Crippen LogP contribution in [0.2, 0.25) is 0 Å². The Kier molecular flexibility index (Phi) is 3.33. The largest absolute Gasteiger partial charge is 0.487 e. The Balaban J connectivity index is 1.33. The van der Waals surface area contributed by atoms with Crippen LogP contribution in [-0.2, 0) is 6.42 Å². The highest BCUT2D eigenvalue weighted by Crippen LogP contribution is 2.43. The molecule has 0 amide bonds. The SMILES string of the molecule is c1cnc(-c2ccc3c(c2)CC2(CCN(C4CCC4)CC2)O3)cn1. The monoisotopic (exact) mass is 321 g/mol. The molecule has 3 heterocycles. The van der Waals surface area contributed by atoms with Crippen molar-refractivity contribution in [2.24, 2.45) is 0 Å². The van der Waals surface area contributed by atoms with Gasteiger partial charge in [0, 0.05) is 56.4 Å². The maximum Gasteiger partial charge on any atom is 0.123 e. The number of nitrogens with zero attached hydrogens (tertiary/aromatic N) is 3. The molecule has 1 spiro atoms. The summed E-state index contributed by atoms with van der Waals surface area (Å²) in [6.45, 7) is 2.38. The van der Waals surface area contributed by atoms with E-state index in [-0.39, 0.29) is 5.60 Å². The number of piperidine rings is 1. The summed E-state index contributed by atoms with van der Waals surface area (Å²) in [5.74, 6) is 1.07. The summed E-state index contributed by atoms with van der Waals surface area (Å²) in [4.78, 5) is 11.3. The van der Waals surface area contributed by atoms with Crippen molar-refractivity contribution in [2.45, 2.75) is 50.2 Å². The zero-order valence-corrected chi connectivity index (χ0v) is 13.9. The molecule has 24 heavy (non-hydrogen) atoms. The van der Waals surface area contributed by atoms with Gasteiger partial charge in [-0.05, 0) is 36.6 Å². The molecule has 0 atom stereocenters. The van der Waals surface area contributed by atoms with E-state index >= 15 is 0 Å². The molecule has 5 rings (SSSR count). The third-order valence-corrected chi connectivity index (χ3v) is 6.06. The maximum absolute atomic E-state index is 6.44. The van der Waals surface area contributed by atoms with E-state index in [1.54, 1.807) is 12.4 Å². The van der Waals surface area contributed by atoms with Gasteiger partial charge in [-0.2, -0.15) is 0 Å². The number of hydrogen-bond donors (Lipinski definition) is 0. The van der Waals surface area contributed by atoms with Crippen molar-refractivity contribution in [1.82, 2.24) is 14.9 Å². The average molecular weight is 321 g/mol. The Hall–Kier alpha value is -1.94. The van der Waals surface area contributed by atoms with Gasteiger partial charge < -0.3 is 9.64 Å². The molecule has 2 fully saturated rings. The fourth-order valence-corrected chi connectivity index (χ4v) is 4.37. The highest BCUT2D eigenvalue weighted by molar-refractivity contribution is 5.62. The lowest BCUT2D eigenvalue weighted by atomic mass is 9.83. The molecule has 0 bridgehead atoms. The maximum atomic E-state index is 6.44. The highest BCUT2D eigenvalue weighted by Gasteiger charge is 2.43. The number of fused-ring (bicyclic) bond motifs is 1. The topological polar surface area (TPSA) is 38.2 Å². The Morgan fingerprint density at radius 2 is 2.00 bits per heavy atom. The number of hydrogen-bond acceptors (Lipinski definition) is 4. The van der Waals surface area contributed by atoms with Crippen molar-refractivity contribution in [1.29, 1.82) is 0 Å². The van der Waals surface area contributed by atoms with Gasteiger partial charge in [-0.3, -0.25) is 9.97 Å². The number of ether oxygens (including phenoxy) is 1. The van der Waals surface area contributed by atoms with Crippen LogP contribution in [0.4, 0.5) is 0 Å². The molecule has 1 aromatic carbocycles. The molecule has 1 saturated carbocycles. The molecule has 124 valence electrons. The third kappa shape index (κ3) is 2.40. The smallest absolute Gasteiger partial charge is 0.123 e. The number of aromatic nitrogens is 2. The van der Waals surface area contributed by atoms with Crippen LogP contribution in [0.15, 0.2) is 36.8 Å². The van der Waals surface area contributed by atoms with E-state index in [1.165, 1.54) is 37.9 Å². The molecule has 0 radical (unpaired) electrons. The molecule has 2 aliphatic heterocycles. The normalized spacial score (nSPS) is 22.8. The first kappa shape index (κ1) is 14.4. The van der Waals surface area contributed by atoms with Crippen LogP contribution in [0.5, 0.6) is 5.75 Å². The molecular formula is C20H23N3O. The molecule has 1 saturated heterocycles. The lowest BCUT2D eigenvalue weighted by Crippen LogP contribution is -2.52. The van der Waals surface area contributed by atoms with Crippen molar-refractivity contribution in [3.05, 3.63) is 42.4 Å². The molecule has 0 unspecified atom stereocenters. The van der Waals surface area contributed by atoms with Crippen molar-refractivity contribution in [3.63, 3.8) is 0 Å². The molecule has 4 heteroatoms. The third-order valence-electron chi connectivity index (χ3n) is 6.06. The van der Waals surface area contributed by atoms with E-state index in [9.17, 15) is 0 Å². The van der Waals surface area contributed by atoms with E-state index in [1.807, 2.05) is 6.20 Å². The van der Waals surface area contributed by atoms with E-state index in [2.05, 4.69) is 33.1 Å². The van der Waals surface area contributed by atoms with Crippen LogP contribution in [0.25, 0.3) is 11.3 Å². The minimum absolute atomic E-state index is 0.0313. The second kappa shape index (κ2) is 5.55. The van der Waals surface area contributed by atoms with Gasteiger partial charge >= 0.3 is 0 Å². The average Bonchev–Trinajstić information content (AvgIpc) is 2.93. The van der Waals surface area contributed by atoms with Crippen molar-refractivity contribution in [3.8, 4) is 17.0 Å². The van der Waals surface area contributed by atoms with E-state index in [4.69, 9.17) is 4.74 Å². The fourth-order valence-electron chi connectivity index (χ4n) is 4.37. The van der Waals surface area contributed by atoms with Crippen molar-refractivity contribution < 1.29 is 4.74 Å². The van der Waals surface area contributed by atoms with Gasteiger partial charge in [0.05, 0.1) is 11.9 Å². The predicted octanol–water partition coefficient (Wildman–Crippen LogP) is 3.47. The first-order chi connectivity index (χ1) is 11.8. The summed E-state index contributed by atoms with van der Waals surface area (Å²) in [5.41, 5.74) is 3.43. The molecular weight excluding hydrogens is 298 g/mol. The summed E-state index contributed by atoms with van der Waals surface area (Å²) in [6.07, 6.45) is 12.8. The van der Waals surface area contributed by atoms with E-state index in [0.29, 0.717) is 0 Å². The lowest BCUT2D eigenvalue weighted by molar-refractivity contribution is -0.00746. The Morgan fingerprint density at radius 1 is 1.12 bits per heavy atom. The Labute approximate surface area is 142 Å². The van der Waals surface area contributed by atoms with E-state index < -0.39 is 0 Å². The van der Waals surface area contributed by atoms with Crippen LogP contribution >= 0.6 is 0 Å².